The average molecular weight is 374 g/mol. The smallest absolute Gasteiger partial charge is 0.269 e. The third-order valence-corrected chi connectivity index (χ3v) is 5.07. The topological polar surface area (TPSA) is 46.9 Å². The molecule has 1 aromatic carbocycles. The number of carbonyl (C=O) groups excluding carboxylic acids is 1. The Morgan fingerprint density at radius 2 is 2.04 bits per heavy atom. The second kappa shape index (κ2) is 8.32. The van der Waals surface area contributed by atoms with Crippen molar-refractivity contribution >= 4 is 28.8 Å². The van der Waals surface area contributed by atoms with Gasteiger partial charge in [0.2, 0.25) is 0 Å². The van der Waals surface area contributed by atoms with Crippen LogP contribution in [0.1, 0.15) is 29.4 Å². The van der Waals surface area contributed by atoms with Crippen LogP contribution in [0.4, 0.5) is 0 Å². The first kappa shape index (κ1) is 17.7. The number of benzene rings is 1. The van der Waals surface area contributed by atoms with Gasteiger partial charge in [0, 0.05) is 13.1 Å². The molecule has 0 fully saturated rings. The number of nitrogens with one attached hydrogen (secondary N) is 1. The molecular formula is C19H20ClN3OS. The Hall–Kier alpha value is -2.11. The normalized spacial score (nSPS) is 10.8. The molecule has 4 nitrogen and oxygen atoms in total. The van der Waals surface area contributed by atoms with Gasteiger partial charge in [-0.15, -0.1) is 11.3 Å². The molecule has 6 heteroatoms. The van der Waals surface area contributed by atoms with E-state index in [0.29, 0.717) is 23.1 Å². The lowest BCUT2D eigenvalue weighted by Gasteiger charge is -2.07. The number of hydrogen-bond donors (Lipinski definition) is 1. The number of aromatic nitrogens is 2. The summed E-state index contributed by atoms with van der Waals surface area (Å²) in [7, 11) is 0. The van der Waals surface area contributed by atoms with Crippen molar-refractivity contribution in [1.29, 1.82) is 0 Å². The molecule has 2 heterocycles. The number of rotatable bonds is 7. The van der Waals surface area contributed by atoms with E-state index in [1.807, 2.05) is 36.4 Å². The maximum atomic E-state index is 12.6. The predicted octanol–water partition coefficient (Wildman–Crippen LogP) is 4.65. The summed E-state index contributed by atoms with van der Waals surface area (Å²) in [5.41, 5.74) is 2.59. The second-order valence-corrected chi connectivity index (χ2v) is 7.45. The van der Waals surface area contributed by atoms with Gasteiger partial charge in [-0.2, -0.15) is 5.10 Å². The lowest BCUT2D eigenvalue weighted by molar-refractivity contribution is 0.0943. The van der Waals surface area contributed by atoms with Crippen LogP contribution >= 0.6 is 22.9 Å². The van der Waals surface area contributed by atoms with Crippen LogP contribution in [-0.2, 0) is 13.0 Å². The van der Waals surface area contributed by atoms with Gasteiger partial charge in [0.1, 0.15) is 11.4 Å². The van der Waals surface area contributed by atoms with Crippen LogP contribution in [0.2, 0.25) is 4.34 Å². The average Bonchev–Trinajstić information content (AvgIpc) is 3.22. The van der Waals surface area contributed by atoms with Crippen molar-refractivity contribution in [3.8, 4) is 10.6 Å². The van der Waals surface area contributed by atoms with Crippen molar-refractivity contribution in [2.75, 3.05) is 6.54 Å². The summed E-state index contributed by atoms with van der Waals surface area (Å²) in [5, 5.41) is 7.57. The minimum atomic E-state index is -0.0919. The molecule has 1 N–H and O–H groups in total. The number of amides is 1. The summed E-state index contributed by atoms with van der Waals surface area (Å²) >= 11 is 7.48. The molecule has 2 aromatic heterocycles. The molecule has 0 spiro atoms. The summed E-state index contributed by atoms with van der Waals surface area (Å²) in [4.78, 5) is 13.6. The van der Waals surface area contributed by atoms with Crippen LogP contribution < -0.4 is 5.32 Å². The Kier molecular flexibility index (Phi) is 5.89. The Morgan fingerprint density at radius 3 is 2.72 bits per heavy atom. The molecule has 1 amide bonds. The second-order valence-electron chi connectivity index (χ2n) is 5.73. The highest BCUT2D eigenvalue weighted by atomic mass is 35.5. The van der Waals surface area contributed by atoms with Gasteiger partial charge >= 0.3 is 0 Å². The number of nitrogens with zero attached hydrogens (tertiary/aromatic N) is 2. The molecule has 0 bridgehead atoms. The molecule has 0 saturated heterocycles. The Bertz CT molecular complexity index is 841. The van der Waals surface area contributed by atoms with Gasteiger partial charge in [-0.05, 0) is 36.6 Å². The van der Waals surface area contributed by atoms with E-state index in [-0.39, 0.29) is 5.91 Å². The fourth-order valence-corrected chi connectivity index (χ4v) is 3.61. The van der Waals surface area contributed by atoms with Crippen LogP contribution in [0, 0.1) is 0 Å². The summed E-state index contributed by atoms with van der Waals surface area (Å²) in [6.07, 6.45) is 1.72. The minimum Gasteiger partial charge on any atom is -0.350 e. The van der Waals surface area contributed by atoms with E-state index >= 15 is 0 Å². The van der Waals surface area contributed by atoms with Crippen molar-refractivity contribution in [3.05, 3.63) is 64.1 Å². The molecule has 3 aromatic rings. The van der Waals surface area contributed by atoms with Crippen molar-refractivity contribution < 1.29 is 4.79 Å². The van der Waals surface area contributed by atoms with E-state index in [1.54, 1.807) is 4.68 Å². The standard InChI is InChI=1S/C19H20ClN3OS/c1-2-12-23-16(13-15(22-23)17-8-9-18(20)25-17)19(24)21-11-10-14-6-4-3-5-7-14/h3-9,13H,2,10-12H2,1H3,(H,21,24). The molecular weight excluding hydrogens is 354 g/mol. The first-order chi connectivity index (χ1) is 12.2. The lowest BCUT2D eigenvalue weighted by Crippen LogP contribution is -2.28. The lowest BCUT2D eigenvalue weighted by atomic mass is 10.1. The quantitative estimate of drug-likeness (QED) is 0.655. The van der Waals surface area contributed by atoms with E-state index in [1.165, 1.54) is 16.9 Å². The molecule has 0 aliphatic heterocycles. The molecule has 3 rings (SSSR count). The van der Waals surface area contributed by atoms with E-state index in [9.17, 15) is 4.79 Å². The molecule has 0 unspecified atom stereocenters. The number of aryl methyl sites for hydroxylation is 1. The summed E-state index contributed by atoms with van der Waals surface area (Å²) in [5.74, 6) is -0.0919. The zero-order valence-electron chi connectivity index (χ0n) is 14.0. The SMILES string of the molecule is CCCn1nc(-c2ccc(Cl)s2)cc1C(=O)NCCc1ccccc1. The first-order valence-electron chi connectivity index (χ1n) is 8.33. The van der Waals surface area contributed by atoms with Crippen LogP contribution in [0.5, 0.6) is 0 Å². The maximum Gasteiger partial charge on any atom is 0.269 e. The summed E-state index contributed by atoms with van der Waals surface area (Å²) in [6, 6.07) is 15.7. The predicted molar refractivity (Wildman–Crippen MR) is 103 cm³/mol. The summed E-state index contributed by atoms with van der Waals surface area (Å²) < 4.78 is 2.50. The number of halogens is 1. The largest absolute Gasteiger partial charge is 0.350 e. The fraction of sp³-hybridized carbons (Fsp3) is 0.263. The molecule has 130 valence electrons. The van der Waals surface area contributed by atoms with Gasteiger partial charge in [0.05, 0.1) is 9.21 Å². The first-order valence-corrected chi connectivity index (χ1v) is 9.52. The minimum absolute atomic E-state index is 0.0919. The van der Waals surface area contributed by atoms with Crippen LogP contribution in [0.25, 0.3) is 10.6 Å². The third kappa shape index (κ3) is 4.50. The van der Waals surface area contributed by atoms with E-state index in [2.05, 4.69) is 29.5 Å². The third-order valence-electron chi connectivity index (χ3n) is 3.82. The van der Waals surface area contributed by atoms with Crippen LogP contribution in [-0.4, -0.2) is 22.2 Å². The van der Waals surface area contributed by atoms with Crippen LogP contribution in [0.3, 0.4) is 0 Å². The molecule has 0 aliphatic rings. The molecule has 0 radical (unpaired) electrons. The number of hydrogen-bond acceptors (Lipinski definition) is 3. The highest BCUT2D eigenvalue weighted by Crippen LogP contribution is 2.30. The van der Waals surface area contributed by atoms with Gasteiger partial charge in [-0.25, -0.2) is 0 Å². The van der Waals surface area contributed by atoms with Crippen LogP contribution in [0.15, 0.2) is 48.5 Å². The van der Waals surface area contributed by atoms with Gasteiger partial charge in [0.15, 0.2) is 0 Å². The van der Waals surface area contributed by atoms with Crippen molar-refractivity contribution in [2.45, 2.75) is 26.3 Å². The zero-order valence-corrected chi connectivity index (χ0v) is 15.6. The summed E-state index contributed by atoms with van der Waals surface area (Å²) in [6.45, 7) is 3.38. The Balaban J connectivity index is 1.71. The number of thiophene rings is 1. The highest BCUT2D eigenvalue weighted by Gasteiger charge is 2.16. The van der Waals surface area contributed by atoms with E-state index < -0.39 is 0 Å². The zero-order chi connectivity index (χ0) is 17.6. The van der Waals surface area contributed by atoms with Gasteiger partial charge < -0.3 is 5.32 Å². The highest BCUT2D eigenvalue weighted by molar-refractivity contribution is 7.19. The number of carbonyl (C=O) groups is 1. The van der Waals surface area contributed by atoms with E-state index in [4.69, 9.17) is 11.6 Å². The van der Waals surface area contributed by atoms with Crippen molar-refractivity contribution in [3.63, 3.8) is 0 Å². The maximum absolute atomic E-state index is 12.6. The van der Waals surface area contributed by atoms with Crippen molar-refractivity contribution in [1.82, 2.24) is 15.1 Å². The van der Waals surface area contributed by atoms with E-state index in [0.717, 1.165) is 23.4 Å². The molecule has 25 heavy (non-hydrogen) atoms. The monoisotopic (exact) mass is 373 g/mol. The Labute approximate surface area is 156 Å². The molecule has 0 saturated carbocycles. The molecule has 0 aliphatic carbocycles. The van der Waals surface area contributed by atoms with Gasteiger partial charge in [-0.1, -0.05) is 48.9 Å². The van der Waals surface area contributed by atoms with Crippen molar-refractivity contribution in [2.24, 2.45) is 0 Å². The fourth-order valence-electron chi connectivity index (χ4n) is 2.61. The Morgan fingerprint density at radius 1 is 1.24 bits per heavy atom. The van der Waals surface area contributed by atoms with Gasteiger partial charge in [0.25, 0.3) is 5.91 Å². The van der Waals surface area contributed by atoms with Gasteiger partial charge in [-0.3, -0.25) is 9.48 Å². The molecule has 0 atom stereocenters.